The van der Waals surface area contributed by atoms with Crippen LogP contribution in [-0.4, -0.2) is 16.1 Å². The lowest BCUT2D eigenvalue weighted by atomic mass is 10.1. The second-order valence-electron chi connectivity index (χ2n) is 4.09. The summed E-state index contributed by atoms with van der Waals surface area (Å²) in [7, 11) is 0. The van der Waals surface area contributed by atoms with E-state index in [1.807, 2.05) is 18.2 Å². The third kappa shape index (κ3) is 3.35. The Balaban J connectivity index is 1.74. The van der Waals surface area contributed by atoms with Crippen LogP contribution in [0, 0.1) is 0 Å². The molecule has 18 heavy (non-hydrogen) atoms. The number of nitrogens with one attached hydrogen (secondary N) is 2. The lowest BCUT2D eigenvalue weighted by molar-refractivity contribution is -0.116. The molecular weight excluding hydrogens is 228 g/mol. The van der Waals surface area contributed by atoms with E-state index < -0.39 is 0 Å². The maximum Gasteiger partial charge on any atom is 0.225 e. The highest BCUT2D eigenvalue weighted by molar-refractivity contribution is 5.92. The summed E-state index contributed by atoms with van der Waals surface area (Å²) >= 11 is 0. The molecule has 1 amide bonds. The molecule has 0 radical (unpaired) electrons. The molecule has 0 aliphatic rings. The van der Waals surface area contributed by atoms with Gasteiger partial charge in [-0.1, -0.05) is 30.3 Å². The summed E-state index contributed by atoms with van der Waals surface area (Å²) in [4.78, 5) is 11.6. The van der Waals surface area contributed by atoms with Crippen molar-refractivity contribution >= 4 is 17.4 Å². The Labute approximate surface area is 105 Å². The molecule has 0 bridgehead atoms. The summed E-state index contributed by atoms with van der Waals surface area (Å²) < 4.78 is 0. The van der Waals surface area contributed by atoms with Crippen molar-refractivity contribution in [3.63, 3.8) is 0 Å². The first-order valence-corrected chi connectivity index (χ1v) is 5.88. The third-order valence-corrected chi connectivity index (χ3v) is 2.65. The minimum atomic E-state index is -0.0538. The Morgan fingerprint density at radius 3 is 2.78 bits per heavy atom. The maximum atomic E-state index is 11.6. The van der Waals surface area contributed by atoms with E-state index >= 15 is 0 Å². The number of aryl methyl sites for hydroxylation is 1. The van der Waals surface area contributed by atoms with Gasteiger partial charge in [-0.05, 0) is 18.4 Å². The van der Waals surface area contributed by atoms with Crippen molar-refractivity contribution < 1.29 is 4.79 Å². The van der Waals surface area contributed by atoms with Crippen molar-refractivity contribution in [2.45, 2.75) is 19.3 Å². The second-order valence-corrected chi connectivity index (χ2v) is 4.09. The topological polar surface area (TPSA) is 83.8 Å². The van der Waals surface area contributed by atoms with Gasteiger partial charge in [-0.15, -0.1) is 0 Å². The minimum absolute atomic E-state index is 0.0538. The summed E-state index contributed by atoms with van der Waals surface area (Å²) in [6.07, 6.45) is 3.64. The van der Waals surface area contributed by atoms with E-state index in [4.69, 9.17) is 5.73 Å². The average molecular weight is 244 g/mol. The quantitative estimate of drug-likeness (QED) is 0.751. The Morgan fingerprint density at radius 2 is 2.11 bits per heavy atom. The fourth-order valence-corrected chi connectivity index (χ4v) is 1.70. The van der Waals surface area contributed by atoms with Gasteiger partial charge in [-0.3, -0.25) is 9.89 Å². The van der Waals surface area contributed by atoms with Crippen LogP contribution in [0.25, 0.3) is 0 Å². The van der Waals surface area contributed by atoms with Crippen LogP contribution >= 0.6 is 0 Å². The van der Waals surface area contributed by atoms with Crippen LogP contribution in [0.1, 0.15) is 18.4 Å². The van der Waals surface area contributed by atoms with Crippen molar-refractivity contribution in [2.75, 3.05) is 11.1 Å². The molecule has 0 aliphatic carbocycles. The SMILES string of the molecule is Nc1cn[nH]c1NC(=O)CCCc1ccccc1. The van der Waals surface area contributed by atoms with Gasteiger partial charge in [-0.25, -0.2) is 0 Å². The van der Waals surface area contributed by atoms with Crippen LogP contribution in [0.5, 0.6) is 0 Å². The summed E-state index contributed by atoms with van der Waals surface area (Å²) in [5.41, 5.74) is 7.29. The zero-order chi connectivity index (χ0) is 12.8. The highest BCUT2D eigenvalue weighted by Crippen LogP contribution is 2.13. The molecule has 0 saturated heterocycles. The number of amides is 1. The number of carbonyl (C=O) groups excluding carboxylic acids is 1. The normalized spacial score (nSPS) is 10.2. The fourth-order valence-electron chi connectivity index (χ4n) is 1.70. The molecule has 5 nitrogen and oxygen atoms in total. The third-order valence-electron chi connectivity index (χ3n) is 2.65. The summed E-state index contributed by atoms with van der Waals surface area (Å²) in [5.74, 6) is 0.418. The summed E-state index contributed by atoms with van der Waals surface area (Å²) in [6, 6.07) is 10.1. The molecule has 0 aliphatic heterocycles. The van der Waals surface area contributed by atoms with Crippen LogP contribution in [-0.2, 0) is 11.2 Å². The lowest BCUT2D eigenvalue weighted by Gasteiger charge is -2.03. The van der Waals surface area contributed by atoms with Gasteiger partial charge in [0.25, 0.3) is 0 Å². The molecule has 94 valence electrons. The summed E-state index contributed by atoms with van der Waals surface area (Å²) in [5, 5.41) is 9.07. The Hall–Kier alpha value is -2.30. The average Bonchev–Trinajstić information content (AvgIpc) is 2.76. The molecule has 1 aromatic heterocycles. The Kier molecular flexibility index (Phi) is 3.96. The van der Waals surface area contributed by atoms with Crippen LogP contribution in [0.4, 0.5) is 11.5 Å². The van der Waals surface area contributed by atoms with Gasteiger partial charge in [0.05, 0.1) is 11.9 Å². The molecule has 0 atom stereocenters. The summed E-state index contributed by atoms with van der Waals surface area (Å²) in [6.45, 7) is 0. The van der Waals surface area contributed by atoms with E-state index in [0.717, 1.165) is 12.8 Å². The number of aromatic nitrogens is 2. The van der Waals surface area contributed by atoms with Gasteiger partial charge < -0.3 is 11.1 Å². The molecule has 4 N–H and O–H groups in total. The first-order valence-electron chi connectivity index (χ1n) is 5.88. The monoisotopic (exact) mass is 244 g/mol. The van der Waals surface area contributed by atoms with E-state index in [1.54, 1.807) is 0 Å². The highest BCUT2D eigenvalue weighted by atomic mass is 16.1. The van der Waals surface area contributed by atoms with Crippen molar-refractivity contribution in [3.05, 3.63) is 42.1 Å². The van der Waals surface area contributed by atoms with Crippen molar-refractivity contribution in [2.24, 2.45) is 0 Å². The Bertz CT molecular complexity index is 507. The minimum Gasteiger partial charge on any atom is -0.394 e. The van der Waals surface area contributed by atoms with Crippen molar-refractivity contribution in [1.29, 1.82) is 0 Å². The number of nitrogens with zero attached hydrogens (tertiary/aromatic N) is 1. The van der Waals surface area contributed by atoms with Gasteiger partial charge in [-0.2, -0.15) is 5.10 Å². The van der Waals surface area contributed by atoms with Crippen LogP contribution in [0.15, 0.2) is 36.5 Å². The van der Waals surface area contributed by atoms with E-state index in [1.165, 1.54) is 11.8 Å². The first-order chi connectivity index (χ1) is 8.75. The number of anilines is 2. The number of nitrogens with two attached hydrogens (primary N) is 1. The molecule has 0 unspecified atom stereocenters. The Morgan fingerprint density at radius 1 is 1.33 bits per heavy atom. The smallest absolute Gasteiger partial charge is 0.225 e. The predicted molar refractivity (Wildman–Crippen MR) is 71.0 cm³/mol. The number of hydrogen-bond donors (Lipinski definition) is 3. The number of carbonyl (C=O) groups is 1. The standard InChI is InChI=1S/C13H16N4O/c14-11-9-15-17-13(11)16-12(18)8-4-7-10-5-2-1-3-6-10/h1-3,5-6,9H,4,7-8,14H2,(H2,15,16,17,18). The zero-order valence-electron chi connectivity index (χ0n) is 10.0. The number of hydrogen-bond acceptors (Lipinski definition) is 3. The van der Waals surface area contributed by atoms with E-state index in [9.17, 15) is 4.79 Å². The largest absolute Gasteiger partial charge is 0.394 e. The highest BCUT2D eigenvalue weighted by Gasteiger charge is 2.06. The number of nitrogen functional groups attached to an aromatic ring is 1. The molecule has 5 heteroatoms. The number of rotatable bonds is 5. The van der Waals surface area contributed by atoms with Crippen LogP contribution < -0.4 is 11.1 Å². The molecule has 1 heterocycles. The number of benzene rings is 1. The second kappa shape index (κ2) is 5.86. The van der Waals surface area contributed by atoms with Crippen LogP contribution in [0.2, 0.25) is 0 Å². The van der Waals surface area contributed by atoms with Gasteiger partial charge in [0.2, 0.25) is 5.91 Å². The number of H-pyrrole nitrogens is 1. The van der Waals surface area contributed by atoms with Crippen molar-refractivity contribution in [3.8, 4) is 0 Å². The molecule has 0 spiro atoms. The van der Waals surface area contributed by atoms with E-state index in [-0.39, 0.29) is 5.91 Å². The van der Waals surface area contributed by atoms with Crippen molar-refractivity contribution in [1.82, 2.24) is 10.2 Å². The van der Waals surface area contributed by atoms with Gasteiger partial charge in [0.15, 0.2) is 5.82 Å². The molecule has 2 rings (SSSR count). The van der Waals surface area contributed by atoms with Gasteiger partial charge in [0, 0.05) is 6.42 Å². The molecule has 2 aromatic rings. The zero-order valence-corrected chi connectivity index (χ0v) is 10.0. The maximum absolute atomic E-state index is 11.6. The van der Waals surface area contributed by atoms with E-state index in [2.05, 4.69) is 27.6 Å². The lowest BCUT2D eigenvalue weighted by Crippen LogP contribution is -2.12. The predicted octanol–water partition coefficient (Wildman–Crippen LogP) is 1.95. The number of aromatic amines is 1. The van der Waals surface area contributed by atoms with Gasteiger partial charge in [0.1, 0.15) is 0 Å². The fraction of sp³-hybridized carbons (Fsp3) is 0.231. The van der Waals surface area contributed by atoms with E-state index in [0.29, 0.717) is 17.9 Å². The van der Waals surface area contributed by atoms with Gasteiger partial charge >= 0.3 is 0 Å². The van der Waals surface area contributed by atoms with Crippen LogP contribution in [0.3, 0.4) is 0 Å². The molecule has 0 saturated carbocycles. The first kappa shape index (κ1) is 12.2. The molecule has 0 fully saturated rings. The molecular formula is C13H16N4O. The molecule has 1 aromatic carbocycles.